The number of rotatable bonds is 9. The minimum Gasteiger partial charge on any atom is -0.482 e. The molecule has 2 heterocycles. The van der Waals surface area contributed by atoms with E-state index in [-0.39, 0.29) is 19.0 Å². The van der Waals surface area contributed by atoms with E-state index in [0.29, 0.717) is 12.2 Å². The summed E-state index contributed by atoms with van der Waals surface area (Å²) in [7, 11) is 0. The Morgan fingerprint density at radius 1 is 1.19 bits per heavy atom. The van der Waals surface area contributed by atoms with E-state index in [4.69, 9.17) is 14.6 Å². The third-order valence-corrected chi connectivity index (χ3v) is 5.52. The summed E-state index contributed by atoms with van der Waals surface area (Å²) < 4.78 is 11.0. The van der Waals surface area contributed by atoms with Crippen LogP contribution in [0.5, 0.6) is 0 Å². The SMILES string of the molecule is C[C@H](C(=O)N1C(=O)OC[C@@H]1Cc1ccccc1)C1O/C(=C\CCCCCO)C=CC1=O. The summed E-state index contributed by atoms with van der Waals surface area (Å²) in [6.07, 6.45) is 7.03. The molecule has 2 aliphatic heterocycles. The summed E-state index contributed by atoms with van der Waals surface area (Å²) in [5.41, 5.74) is 0.996. The molecule has 3 rings (SSSR count). The molecule has 1 unspecified atom stereocenters. The molecule has 0 bridgehead atoms. The van der Waals surface area contributed by atoms with Gasteiger partial charge in [-0.3, -0.25) is 9.59 Å². The van der Waals surface area contributed by atoms with Gasteiger partial charge in [0.2, 0.25) is 5.91 Å². The number of hydrogen-bond acceptors (Lipinski definition) is 6. The summed E-state index contributed by atoms with van der Waals surface area (Å²) in [6.45, 7) is 1.91. The summed E-state index contributed by atoms with van der Waals surface area (Å²) in [5, 5.41) is 8.84. The van der Waals surface area contributed by atoms with Crippen LogP contribution in [0.15, 0.2) is 54.3 Å². The number of carbonyl (C=O) groups is 3. The van der Waals surface area contributed by atoms with E-state index < -0.39 is 30.1 Å². The van der Waals surface area contributed by atoms with Gasteiger partial charge in [0, 0.05) is 6.61 Å². The van der Waals surface area contributed by atoms with Gasteiger partial charge in [0.15, 0.2) is 11.9 Å². The van der Waals surface area contributed by atoms with Crippen LogP contribution in [0.4, 0.5) is 4.79 Å². The van der Waals surface area contributed by atoms with Gasteiger partial charge in [0.1, 0.15) is 12.4 Å². The van der Waals surface area contributed by atoms with E-state index in [0.717, 1.165) is 36.1 Å². The Kier molecular flexibility index (Phi) is 8.00. The molecule has 31 heavy (non-hydrogen) atoms. The predicted octanol–water partition coefficient (Wildman–Crippen LogP) is 3.17. The number of hydrogen-bond donors (Lipinski definition) is 1. The molecule has 3 atom stereocenters. The van der Waals surface area contributed by atoms with Crippen molar-refractivity contribution in [1.29, 1.82) is 0 Å². The molecule has 166 valence electrons. The normalized spacial score (nSPS) is 23.0. The molecule has 7 heteroatoms. The molecule has 7 nitrogen and oxygen atoms in total. The molecule has 0 aromatic heterocycles. The van der Waals surface area contributed by atoms with Crippen LogP contribution in [0, 0.1) is 5.92 Å². The number of unbranched alkanes of at least 4 members (excludes halogenated alkanes) is 3. The molecule has 0 radical (unpaired) electrons. The minimum atomic E-state index is -0.980. The van der Waals surface area contributed by atoms with Crippen molar-refractivity contribution < 1.29 is 29.0 Å². The first-order chi connectivity index (χ1) is 15.0. The van der Waals surface area contributed by atoms with Crippen molar-refractivity contribution in [3.05, 3.63) is 59.9 Å². The van der Waals surface area contributed by atoms with Gasteiger partial charge in [0.25, 0.3) is 0 Å². The van der Waals surface area contributed by atoms with Crippen LogP contribution in [-0.4, -0.2) is 53.1 Å². The first kappa shape index (κ1) is 22.7. The van der Waals surface area contributed by atoms with Crippen LogP contribution in [-0.2, 0) is 25.5 Å². The summed E-state index contributed by atoms with van der Waals surface area (Å²) >= 11 is 0. The van der Waals surface area contributed by atoms with Gasteiger partial charge in [-0.25, -0.2) is 9.69 Å². The number of carbonyl (C=O) groups excluding carboxylic acids is 3. The van der Waals surface area contributed by atoms with Crippen LogP contribution in [0.2, 0.25) is 0 Å². The first-order valence-electron chi connectivity index (χ1n) is 10.7. The quantitative estimate of drug-likeness (QED) is 0.609. The highest BCUT2D eigenvalue weighted by Gasteiger charge is 2.43. The van der Waals surface area contributed by atoms with E-state index in [1.54, 1.807) is 13.0 Å². The van der Waals surface area contributed by atoms with Crippen LogP contribution in [0.1, 0.15) is 38.2 Å². The third-order valence-electron chi connectivity index (χ3n) is 5.52. The van der Waals surface area contributed by atoms with Gasteiger partial charge >= 0.3 is 6.09 Å². The number of imide groups is 1. The number of amides is 2. The molecule has 0 aliphatic carbocycles. The average Bonchev–Trinajstić information content (AvgIpc) is 3.14. The fourth-order valence-electron chi connectivity index (χ4n) is 3.76. The molecule has 1 aromatic carbocycles. The minimum absolute atomic E-state index is 0.130. The van der Waals surface area contributed by atoms with Gasteiger partial charge in [-0.2, -0.15) is 0 Å². The molecule has 2 amide bonds. The van der Waals surface area contributed by atoms with Gasteiger partial charge < -0.3 is 14.6 Å². The molecular weight excluding hydrogens is 398 g/mol. The zero-order chi connectivity index (χ0) is 22.2. The number of cyclic esters (lactones) is 1. The van der Waals surface area contributed by atoms with Crippen LogP contribution >= 0.6 is 0 Å². The number of benzene rings is 1. The Balaban J connectivity index is 1.65. The Bertz CT molecular complexity index is 847. The van der Waals surface area contributed by atoms with Crippen LogP contribution in [0.25, 0.3) is 0 Å². The standard InChI is InChI=1S/C24H29NO6/c1-17(22-21(27)13-12-20(31-22)11-7-2-3-8-14-26)23(28)25-19(16-30-24(25)29)15-18-9-5-4-6-10-18/h4-6,9-13,17,19,22,26H,2-3,7-8,14-16H2,1H3/b20-11-/t17-,19-,22?/m0/s1. The molecule has 1 N–H and O–H groups in total. The second-order valence-electron chi connectivity index (χ2n) is 7.87. The van der Waals surface area contributed by atoms with E-state index in [1.165, 1.54) is 6.08 Å². The summed E-state index contributed by atoms with van der Waals surface area (Å²) in [4.78, 5) is 39.0. The fraction of sp³-hybridized carbons (Fsp3) is 0.458. The summed E-state index contributed by atoms with van der Waals surface area (Å²) in [6, 6.07) is 9.17. The molecule has 2 aliphatic rings. The van der Waals surface area contributed by atoms with Crippen molar-refractivity contribution in [2.75, 3.05) is 13.2 Å². The van der Waals surface area contributed by atoms with Crippen LogP contribution in [0.3, 0.4) is 0 Å². The maximum atomic E-state index is 13.2. The van der Waals surface area contributed by atoms with Gasteiger partial charge in [-0.05, 0) is 56.4 Å². The zero-order valence-electron chi connectivity index (χ0n) is 17.7. The third kappa shape index (κ3) is 5.82. The summed E-state index contributed by atoms with van der Waals surface area (Å²) in [5.74, 6) is -1.07. The Morgan fingerprint density at radius 2 is 1.97 bits per heavy atom. The van der Waals surface area contributed by atoms with E-state index >= 15 is 0 Å². The van der Waals surface area contributed by atoms with Gasteiger partial charge in [-0.15, -0.1) is 0 Å². The number of nitrogens with zero attached hydrogens (tertiary/aromatic N) is 1. The van der Waals surface area contributed by atoms with Crippen molar-refractivity contribution in [2.45, 2.75) is 51.2 Å². The van der Waals surface area contributed by atoms with E-state index in [9.17, 15) is 14.4 Å². The Hall–Kier alpha value is -2.93. The molecule has 1 aromatic rings. The van der Waals surface area contributed by atoms with Crippen molar-refractivity contribution in [3.8, 4) is 0 Å². The second kappa shape index (κ2) is 10.9. The molecular formula is C24H29NO6. The van der Waals surface area contributed by atoms with Crippen LogP contribution < -0.4 is 0 Å². The lowest BCUT2D eigenvalue weighted by Gasteiger charge is -2.29. The van der Waals surface area contributed by atoms with Crippen molar-refractivity contribution in [3.63, 3.8) is 0 Å². The van der Waals surface area contributed by atoms with E-state index in [1.807, 2.05) is 36.4 Å². The fourth-order valence-corrected chi connectivity index (χ4v) is 3.76. The highest BCUT2D eigenvalue weighted by Crippen LogP contribution is 2.26. The highest BCUT2D eigenvalue weighted by atomic mass is 16.6. The number of ether oxygens (including phenoxy) is 2. The van der Waals surface area contributed by atoms with Crippen molar-refractivity contribution in [1.82, 2.24) is 4.90 Å². The number of allylic oxidation sites excluding steroid dienone is 2. The largest absolute Gasteiger partial charge is 0.482 e. The molecule has 0 saturated carbocycles. The van der Waals surface area contributed by atoms with Crippen molar-refractivity contribution in [2.24, 2.45) is 5.92 Å². The zero-order valence-corrected chi connectivity index (χ0v) is 17.7. The lowest BCUT2D eigenvalue weighted by atomic mass is 9.96. The van der Waals surface area contributed by atoms with Gasteiger partial charge in [0.05, 0.1) is 12.0 Å². The first-order valence-corrected chi connectivity index (χ1v) is 10.7. The Morgan fingerprint density at radius 3 is 2.71 bits per heavy atom. The number of aliphatic hydroxyl groups is 1. The highest BCUT2D eigenvalue weighted by molar-refractivity contribution is 6.01. The van der Waals surface area contributed by atoms with E-state index in [2.05, 4.69) is 0 Å². The predicted molar refractivity (Wildman–Crippen MR) is 114 cm³/mol. The second-order valence-corrected chi connectivity index (χ2v) is 7.87. The lowest BCUT2D eigenvalue weighted by molar-refractivity contribution is -0.142. The smallest absolute Gasteiger partial charge is 0.416 e. The van der Waals surface area contributed by atoms with Gasteiger partial charge in [-0.1, -0.05) is 36.8 Å². The average molecular weight is 427 g/mol. The molecule has 0 spiro atoms. The Labute approximate surface area is 182 Å². The van der Waals surface area contributed by atoms with Crippen molar-refractivity contribution >= 4 is 17.8 Å². The number of aliphatic hydroxyl groups excluding tert-OH is 1. The molecule has 1 fully saturated rings. The monoisotopic (exact) mass is 427 g/mol. The number of ketones is 1. The lowest BCUT2D eigenvalue weighted by Crippen LogP contribution is -2.48. The topological polar surface area (TPSA) is 93.1 Å². The maximum Gasteiger partial charge on any atom is 0.416 e. The molecule has 1 saturated heterocycles. The maximum absolute atomic E-state index is 13.2.